The Morgan fingerprint density at radius 2 is 1.64 bits per heavy atom. The van der Waals surface area contributed by atoms with E-state index in [0.717, 1.165) is 30.1 Å². The predicted octanol–water partition coefficient (Wildman–Crippen LogP) is -1.67. The molecule has 1 heterocycles. The maximum absolute atomic E-state index is 5.78. The van der Waals surface area contributed by atoms with Gasteiger partial charge >= 0.3 is 0 Å². The number of para-hydroxylation sites is 2. The molecule has 116 valence electrons. The highest BCUT2D eigenvalue weighted by atomic mass is 35.5. The molecule has 3 rings (SSSR count). The van der Waals surface area contributed by atoms with E-state index in [9.17, 15) is 0 Å². The van der Waals surface area contributed by atoms with Gasteiger partial charge in [0.25, 0.3) is 5.84 Å². The summed E-state index contributed by atoms with van der Waals surface area (Å²) in [5.41, 5.74) is 7.47. The molecule has 0 saturated heterocycles. The highest BCUT2D eigenvalue weighted by molar-refractivity contribution is 5.78. The van der Waals surface area contributed by atoms with Crippen LogP contribution in [0.4, 0.5) is 5.69 Å². The largest absolute Gasteiger partial charge is 1.00 e. The zero-order chi connectivity index (χ0) is 14.3. The first-order chi connectivity index (χ1) is 10.4. The van der Waals surface area contributed by atoms with Crippen LogP contribution in [0.5, 0.6) is 5.75 Å². The fourth-order valence-corrected chi connectivity index (χ4v) is 2.32. The molecule has 1 aliphatic rings. The van der Waals surface area contributed by atoms with Gasteiger partial charge in [0.1, 0.15) is 18.4 Å². The minimum Gasteiger partial charge on any atom is -1.00 e. The van der Waals surface area contributed by atoms with Crippen LogP contribution in [0.2, 0.25) is 0 Å². The molecule has 22 heavy (non-hydrogen) atoms. The van der Waals surface area contributed by atoms with E-state index in [1.54, 1.807) is 0 Å². The minimum atomic E-state index is 0. The van der Waals surface area contributed by atoms with Gasteiger partial charge in [-0.3, -0.25) is 4.99 Å². The van der Waals surface area contributed by atoms with Crippen molar-refractivity contribution in [3.63, 3.8) is 0 Å². The number of hydrogen-bond acceptors (Lipinski definition) is 3. The lowest BCUT2D eigenvalue weighted by Crippen LogP contribution is -3.00. The molecular weight excluding hydrogens is 298 g/mol. The van der Waals surface area contributed by atoms with Gasteiger partial charge in [0.05, 0.1) is 12.1 Å². The van der Waals surface area contributed by atoms with Crippen LogP contribution in [0.1, 0.15) is 12.8 Å². The van der Waals surface area contributed by atoms with Crippen molar-refractivity contribution in [1.82, 2.24) is 5.43 Å². The van der Waals surface area contributed by atoms with Gasteiger partial charge in [0, 0.05) is 6.42 Å². The Kier molecular flexibility index (Phi) is 6.10. The summed E-state index contributed by atoms with van der Waals surface area (Å²) in [7, 11) is 0. The number of rotatable bonds is 5. The van der Waals surface area contributed by atoms with Gasteiger partial charge < -0.3 is 17.1 Å². The first-order valence-corrected chi connectivity index (χ1v) is 7.27. The van der Waals surface area contributed by atoms with Crippen LogP contribution in [0.3, 0.4) is 0 Å². The van der Waals surface area contributed by atoms with E-state index in [1.807, 2.05) is 60.7 Å². The summed E-state index contributed by atoms with van der Waals surface area (Å²) in [5, 5.41) is 0. The van der Waals surface area contributed by atoms with Crippen molar-refractivity contribution in [3.05, 3.63) is 60.7 Å². The number of benzene rings is 2. The van der Waals surface area contributed by atoms with Gasteiger partial charge in [-0.25, -0.2) is 5.43 Å². The van der Waals surface area contributed by atoms with Crippen LogP contribution >= 0.6 is 0 Å². The van der Waals surface area contributed by atoms with E-state index >= 15 is 0 Å². The number of hydrazine groups is 1. The van der Waals surface area contributed by atoms with Gasteiger partial charge in [-0.1, -0.05) is 36.4 Å². The predicted molar refractivity (Wildman–Crippen MR) is 84.1 cm³/mol. The topological polar surface area (TPSA) is 47.3 Å². The average molecular weight is 318 g/mol. The molecule has 0 bridgehead atoms. The third kappa shape index (κ3) is 4.67. The first kappa shape index (κ1) is 16.2. The second-order valence-electron chi connectivity index (χ2n) is 5.10. The Labute approximate surface area is 137 Å². The van der Waals surface area contributed by atoms with Gasteiger partial charge in [-0.05, 0) is 24.3 Å². The van der Waals surface area contributed by atoms with Crippen molar-refractivity contribution < 1.29 is 22.1 Å². The van der Waals surface area contributed by atoms with Crippen molar-refractivity contribution in [3.8, 4) is 5.75 Å². The van der Waals surface area contributed by atoms with E-state index in [1.165, 1.54) is 0 Å². The van der Waals surface area contributed by atoms with E-state index in [4.69, 9.17) is 4.74 Å². The summed E-state index contributed by atoms with van der Waals surface area (Å²) in [5.74, 6) is 2.03. The van der Waals surface area contributed by atoms with Gasteiger partial charge in [-0.2, -0.15) is 5.43 Å². The Morgan fingerprint density at radius 1 is 0.955 bits per heavy atom. The number of ether oxygens (including phenoxy) is 1. The fraction of sp³-hybridized carbons (Fsp3) is 0.235. The normalized spacial score (nSPS) is 16.4. The van der Waals surface area contributed by atoms with E-state index < -0.39 is 0 Å². The number of halogens is 1. The van der Waals surface area contributed by atoms with E-state index in [0.29, 0.717) is 12.6 Å². The van der Waals surface area contributed by atoms with Crippen molar-refractivity contribution in [2.75, 3.05) is 12.0 Å². The highest BCUT2D eigenvalue weighted by Crippen LogP contribution is 2.09. The standard InChI is InChI=1S/C17H19N3O.ClH/c1-3-7-14(8-4-1)19-20-17-12-11-15(18-17)13-21-16-9-5-2-6-10-16;/h1-10,15,19H,11-13H2,(H,18,20);1H/t15-;/m0./s1. The van der Waals surface area contributed by atoms with Gasteiger partial charge in [-0.15, -0.1) is 0 Å². The van der Waals surface area contributed by atoms with Crippen LogP contribution < -0.4 is 33.0 Å². The Bertz CT molecular complexity index is 589. The molecule has 0 aromatic heterocycles. The van der Waals surface area contributed by atoms with Crippen LogP contribution in [0.15, 0.2) is 60.7 Å². The summed E-state index contributed by atoms with van der Waals surface area (Å²) in [6.45, 7) is 0.681. The lowest BCUT2D eigenvalue weighted by molar-refractivity contribution is -0.497. The maximum atomic E-state index is 5.78. The van der Waals surface area contributed by atoms with Crippen LogP contribution in [-0.4, -0.2) is 18.5 Å². The number of nitrogens with one attached hydrogen (secondary N) is 3. The highest BCUT2D eigenvalue weighted by Gasteiger charge is 2.23. The molecule has 3 N–H and O–H groups in total. The van der Waals surface area contributed by atoms with E-state index in [2.05, 4.69) is 15.8 Å². The third-order valence-electron chi connectivity index (χ3n) is 3.45. The molecular formula is C17H20ClN3O. The number of anilines is 1. The molecule has 0 spiro atoms. The fourth-order valence-electron chi connectivity index (χ4n) is 2.32. The molecule has 0 saturated carbocycles. The second-order valence-corrected chi connectivity index (χ2v) is 5.10. The summed E-state index contributed by atoms with van der Waals surface area (Å²) < 4.78 is 5.78. The van der Waals surface area contributed by atoms with Gasteiger partial charge in [0.15, 0.2) is 0 Å². The van der Waals surface area contributed by atoms with Crippen molar-refractivity contribution in [1.29, 1.82) is 0 Å². The molecule has 0 fully saturated rings. The maximum Gasteiger partial charge on any atom is 0.266 e. The first-order valence-electron chi connectivity index (χ1n) is 7.27. The molecule has 0 amide bonds. The van der Waals surface area contributed by atoms with Crippen molar-refractivity contribution in [2.45, 2.75) is 18.9 Å². The molecule has 2 aromatic rings. The Hall–Kier alpha value is -2.20. The molecule has 0 radical (unpaired) electrons. The molecule has 4 nitrogen and oxygen atoms in total. The van der Waals surface area contributed by atoms with Crippen LogP contribution in [0.25, 0.3) is 0 Å². The van der Waals surface area contributed by atoms with Crippen LogP contribution in [0, 0.1) is 0 Å². The lowest BCUT2D eigenvalue weighted by Gasteiger charge is -2.07. The Balaban J connectivity index is 0.00000176. The van der Waals surface area contributed by atoms with Gasteiger partial charge in [0.2, 0.25) is 0 Å². The summed E-state index contributed by atoms with van der Waals surface area (Å²) in [4.78, 5) is 3.45. The quantitative estimate of drug-likeness (QED) is 0.578. The third-order valence-corrected chi connectivity index (χ3v) is 3.45. The second kappa shape index (κ2) is 8.29. The number of hydrogen-bond donors (Lipinski definition) is 3. The molecule has 0 aliphatic carbocycles. The summed E-state index contributed by atoms with van der Waals surface area (Å²) >= 11 is 0. The average Bonchev–Trinajstić information content (AvgIpc) is 3.01. The van der Waals surface area contributed by atoms with E-state index in [-0.39, 0.29) is 12.4 Å². The summed E-state index contributed by atoms with van der Waals surface area (Å²) in [6, 6.07) is 20.3. The monoisotopic (exact) mass is 317 g/mol. The lowest BCUT2D eigenvalue weighted by atomic mass is 10.2. The smallest absolute Gasteiger partial charge is 0.266 e. The molecule has 5 heteroatoms. The Morgan fingerprint density at radius 3 is 2.36 bits per heavy atom. The minimum absolute atomic E-state index is 0. The number of amidine groups is 1. The molecule has 2 aromatic carbocycles. The van der Waals surface area contributed by atoms with Crippen molar-refractivity contribution >= 4 is 11.5 Å². The molecule has 1 aliphatic heterocycles. The summed E-state index contributed by atoms with van der Waals surface area (Å²) in [6.07, 6.45) is 2.08. The van der Waals surface area contributed by atoms with Crippen molar-refractivity contribution in [2.24, 2.45) is 0 Å². The molecule has 0 unspecified atom stereocenters. The zero-order valence-electron chi connectivity index (χ0n) is 12.3. The SMILES string of the molecule is [Cl-].c1ccc(NNC2=[NH+][C@H](COc3ccccc3)CC2)cc1. The molecule has 1 atom stereocenters. The zero-order valence-corrected chi connectivity index (χ0v) is 13.0. The van der Waals surface area contributed by atoms with Crippen LogP contribution in [-0.2, 0) is 0 Å².